The minimum absolute atomic E-state index is 0.0196. The van der Waals surface area contributed by atoms with E-state index < -0.39 is 5.82 Å². The van der Waals surface area contributed by atoms with E-state index in [2.05, 4.69) is 0 Å². The summed E-state index contributed by atoms with van der Waals surface area (Å²) in [5, 5.41) is 0. The van der Waals surface area contributed by atoms with Gasteiger partial charge in [0.2, 0.25) is 11.8 Å². The highest BCUT2D eigenvalue weighted by molar-refractivity contribution is 5.81. The molecule has 1 aromatic rings. The van der Waals surface area contributed by atoms with Gasteiger partial charge in [-0.2, -0.15) is 0 Å². The van der Waals surface area contributed by atoms with Gasteiger partial charge in [-0.1, -0.05) is 19.1 Å². The van der Waals surface area contributed by atoms with Crippen molar-refractivity contribution in [2.75, 3.05) is 33.3 Å². The molecule has 1 fully saturated rings. The summed E-state index contributed by atoms with van der Waals surface area (Å²) >= 11 is 0. The van der Waals surface area contributed by atoms with Gasteiger partial charge in [-0.25, -0.2) is 4.39 Å². The second-order valence-corrected chi connectivity index (χ2v) is 6.47. The van der Waals surface area contributed by atoms with Crippen LogP contribution in [-0.2, 0) is 9.59 Å². The lowest BCUT2D eigenvalue weighted by atomic mass is 9.96. The van der Waals surface area contributed by atoms with Gasteiger partial charge >= 0.3 is 0 Å². The van der Waals surface area contributed by atoms with Crippen molar-refractivity contribution in [1.82, 2.24) is 9.80 Å². The summed E-state index contributed by atoms with van der Waals surface area (Å²) in [5.74, 6) is -0.226. The SMILES string of the molecule is CCCC(=O)N1CCCC(C(=O)N(C)CCOc2ccccc2F)C1. The number of hydrogen-bond acceptors (Lipinski definition) is 3. The van der Waals surface area contributed by atoms with Crippen LogP contribution >= 0.6 is 0 Å². The molecule has 1 aliphatic heterocycles. The number of likely N-dealkylation sites (N-methyl/N-ethyl adjacent to an activating group) is 1. The van der Waals surface area contributed by atoms with E-state index in [0.717, 1.165) is 25.8 Å². The lowest BCUT2D eigenvalue weighted by molar-refractivity contribution is -0.140. The van der Waals surface area contributed by atoms with Crippen molar-refractivity contribution in [2.24, 2.45) is 5.92 Å². The van der Waals surface area contributed by atoms with Crippen molar-refractivity contribution < 1.29 is 18.7 Å². The summed E-state index contributed by atoms with van der Waals surface area (Å²) in [5.41, 5.74) is 0. The minimum atomic E-state index is -0.408. The highest BCUT2D eigenvalue weighted by Crippen LogP contribution is 2.20. The van der Waals surface area contributed by atoms with Crippen LogP contribution in [-0.4, -0.2) is 54.9 Å². The molecule has 1 unspecified atom stereocenters. The number of amides is 2. The van der Waals surface area contributed by atoms with E-state index in [4.69, 9.17) is 4.74 Å². The minimum Gasteiger partial charge on any atom is -0.489 e. The van der Waals surface area contributed by atoms with Crippen LogP contribution < -0.4 is 4.74 Å². The summed E-state index contributed by atoms with van der Waals surface area (Å²) in [4.78, 5) is 28.0. The van der Waals surface area contributed by atoms with Gasteiger partial charge in [0, 0.05) is 26.6 Å². The topological polar surface area (TPSA) is 49.9 Å². The van der Waals surface area contributed by atoms with E-state index in [9.17, 15) is 14.0 Å². The number of benzene rings is 1. The third-order valence-corrected chi connectivity index (χ3v) is 4.48. The first-order chi connectivity index (χ1) is 12.0. The Morgan fingerprint density at radius 1 is 1.36 bits per heavy atom. The molecule has 0 bridgehead atoms. The van der Waals surface area contributed by atoms with Gasteiger partial charge in [0.05, 0.1) is 12.5 Å². The zero-order chi connectivity index (χ0) is 18.2. The summed E-state index contributed by atoms with van der Waals surface area (Å²) in [6, 6.07) is 6.22. The number of hydrogen-bond donors (Lipinski definition) is 0. The molecule has 1 aromatic carbocycles. The Kier molecular flexibility index (Phi) is 7.22. The average molecular weight is 350 g/mol. The van der Waals surface area contributed by atoms with Crippen molar-refractivity contribution in [1.29, 1.82) is 0 Å². The molecule has 0 saturated carbocycles. The van der Waals surface area contributed by atoms with E-state index in [1.165, 1.54) is 6.07 Å². The first-order valence-electron chi connectivity index (χ1n) is 8.93. The van der Waals surface area contributed by atoms with Crippen LogP contribution in [0.4, 0.5) is 4.39 Å². The fourth-order valence-electron chi connectivity index (χ4n) is 3.05. The van der Waals surface area contributed by atoms with Gasteiger partial charge in [0.25, 0.3) is 0 Å². The van der Waals surface area contributed by atoms with E-state index in [0.29, 0.717) is 19.5 Å². The van der Waals surface area contributed by atoms with Crippen LogP contribution in [0.15, 0.2) is 24.3 Å². The third kappa shape index (κ3) is 5.44. The maximum atomic E-state index is 13.5. The standard InChI is InChI=1S/C19H27FN2O3/c1-3-7-18(23)22-11-6-8-15(14-22)19(24)21(2)12-13-25-17-10-5-4-9-16(17)20/h4-5,9-10,15H,3,6-8,11-14H2,1-2H3. The van der Waals surface area contributed by atoms with Crippen LogP contribution in [0.1, 0.15) is 32.6 Å². The van der Waals surface area contributed by atoms with Crippen molar-refractivity contribution >= 4 is 11.8 Å². The summed E-state index contributed by atoms with van der Waals surface area (Å²) < 4.78 is 18.9. The van der Waals surface area contributed by atoms with Crippen LogP contribution in [0.25, 0.3) is 0 Å². The van der Waals surface area contributed by atoms with E-state index in [-0.39, 0.29) is 30.1 Å². The molecular weight excluding hydrogens is 323 g/mol. The van der Waals surface area contributed by atoms with Crippen LogP contribution in [0.2, 0.25) is 0 Å². The Balaban J connectivity index is 1.80. The lowest BCUT2D eigenvalue weighted by Gasteiger charge is -2.34. The van der Waals surface area contributed by atoms with Gasteiger partial charge in [-0.3, -0.25) is 9.59 Å². The Morgan fingerprint density at radius 2 is 2.12 bits per heavy atom. The maximum absolute atomic E-state index is 13.5. The van der Waals surface area contributed by atoms with Crippen molar-refractivity contribution in [3.8, 4) is 5.75 Å². The average Bonchev–Trinajstić information content (AvgIpc) is 2.63. The second-order valence-electron chi connectivity index (χ2n) is 6.47. The number of ether oxygens (including phenoxy) is 1. The molecule has 138 valence electrons. The van der Waals surface area contributed by atoms with Gasteiger partial charge in [0.15, 0.2) is 11.6 Å². The molecule has 0 aliphatic carbocycles. The second kappa shape index (κ2) is 9.39. The molecule has 2 rings (SSSR count). The molecular formula is C19H27FN2O3. The predicted molar refractivity (Wildman–Crippen MR) is 93.7 cm³/mol. The molecule has 1 aliphatic rings. The van der Waals surface area contributed by atoms with Gasteiger partial charge in [-0.05, 0) is 31.4 Å². The fraction of sp³-hybridized carbons (Fsp3) is 0.579. The monoisotopic (exact) mass is 350 g/mol. The van der Waals surface area contributed by atoms with Crippen LogP contribution in [0, 0.1) is 11.7 Å². The lowest BCUT2D eigenvalue weighted by Crippen LogP contribution is -2.46. The molecule has 0 N–H and O–H groups in total. The molecule has 2 amide bonds. The first-order valence-corrected chi connectivity index (χ1v) is 8.93. The van der Waals surface area contributed by atoms with Crippen LogP contribution in [0.5, 0.6) is 5.75 Å². The number of para-hydroxylation sites is 1. The molecule has 0 radical (unpaired) electrons. The highest BCUT2D eigenvalue weighted by atomic mass is 19.1. The predicted octanol–water partition coefficient (Wildman–Crippen LogP) is 2.70. The fourth-order valence-corrected chi connectivity index (χ4v) is 3.05. The zero-order valence-electron chi connectivity index (χ0n) is 15.0. The number of halogens is 1. The van der Waals surface area contributed by atoms with E-state index in [1.54, 1.807) is 35.0 Å². The highest BCUT2D eigenvalue weighted by Gasteiger charge is 2.29. The molecule has 25 heavy (non-hydrogen) atoms. The Labute approximate surface area is 148 Å². The third-order valence-electron chi connectivity index (χ3n) is 4.48. The van der Waals surface area contributed by atoms with Crippen molar-refractivity contribution in [2.45, 2.75) is 32.6 Å². The first kappa shape index (κ1) is 19.2. The summed E-state index contributed by atoms with van der Waals surface area (Å²) in [7, 11) is 1.72. The van der Waals surface area contributed by atoms with Gasteiger partial charge in [-0.15, -0.1) is 0 Å². The molecule has 1 atom stereocenters. The van der Waals surface area contributed by atoms with Gasteiger partial charge in [0.1, 0.15) is 6.61 Å². The number of carbonyl (C=O) groups excluding carboxylic acids is 2. The molecule has 1 saturated heterocycles. The van der Waals surface area contributed by atoms with Crippen LogP contribution in [0.3, 0.4) is 0 Å². The van der Waals surface area contributed by atoms with Gasteiger partial charge < -0.3 is 14.5 Å². The molecule has 6 heteroatoms. The Morgan fingerprint density at radius 3 is 2.84 bits per heavy atom. The molecule has 5 nitrogen and oxygen atoms in total. The number of rotatable bonds is 7. The quantitative estimate of drug-likeness (QED) is 0.760. The number of nitrogens with zero attached hydrogens (tertiary/aromatic N) is 2. The smallest absolute Gasteiger partial charge is 0.227 e. The Bertz CT molecular complexity index is 594. The van der Waals surface area contributed by atoms with Crippen molar-refractivity contribution in [3.63, 3.8) is 0 Å². The summed E-state index contributed by atoms with van der Waals surface area (Å²) in [6.45, 7) is 3.83. The molecule has 0 spiro atoms. The summed E-state index contributed by atoms with van der Waals surface area (Å²) in [6.07, 6.45) is 3.01. The molecule has 0 aromatic heterocycles. The largest absolute Gasteiger partial charge is 0.489 e. The van der Waals surface area contributed by atoms with E-state index >= 15 is 0 Å². The number of likely N-dealkylation sites (tertiary alicyclic amines) is 1. The number of carbonyl (C=O) groups is 2. The maximum Gasteiger partial charge on any atom is 0.227 e. The Hall–Kier alpha value is -2.11. The zero-order valence-corrected chi connectivity index (χ0v) is 15.0. The normalized spacial score (nSPS) is 17.2. The van der Waals surface area contributed by atoms with E-state index in [1.807, 2.05) is 6.92 Å². The van der Waals surface area contributed by atoms with Crippen molar-refractivity contribution in [3.05, 3.63) is 30.1 Å². The molecule has 1 heterocycles. The number of piperidine rings is 1.